The Morgan fingerprint density at radius 2 is 1.76 bits per heavy atom. The summed E-state index contributed by atoms with van der Waals surface area (Å²) in [6.07, 6.45) is 6.04. The number of phenols is 3. The third-order valence-corrected chi connectivity index (χ3v) is 13.2. The summed E-state index contributed by atoms with van der Waals surface area (Å²) in [7, 11) is 6.18. The highest BCUT2D eigenvalue weighted by Crippen LogP contribution is 2.61. The Kier molecular flexibility index (Phi) is 9.77. The number of fused-ring (bicyclic) bond motifs is 6. The van der Waals surface area contributed by atoms with Gasteiger partial charge in [-0.1, -0.05) is 39.8 Å². The molecule has 0 unspecified atom stereocenters. The number of benzene rings is 3. The van der Waals surface area contributed by atoms with Crippen LogP contribution >= 0.6 is 21.6 Å². The number of hydrogen-bond donors (Lipinski definition) is 6. The third-order valence-electron chi connectivity index (χ3n) is 10.5. The van der Waals surface area contributed by atoms with E-state index < -0.39 is 24.0 Å². The van der Waals surface area contributed by atoms with Crippen molar-refractivity contribution in [3.05, 3.63) is 64.7 Å². The van der Waals surface area contributed by atoms with Crippen LogP contribution in [0.5, 0.6) is 40.2 Å². The molecule has 0 saturated carbocycles. The Labute approximate surface area is 293 Å². The van der Waals surface area contributed by atoms with Crippen molar-refractivity contribution in [3.63, 3.8) is 0 Å². The number of phenolic OH excluding ortho intramolecular Hbond substituents is 3. The Balaban J connectivity index is 1.48. The summed E-state index contributed by atoms with van der Waals surface area (Å²) < 4.78 is 23.6. The molecule has 4 bridgehead atoms. The van der Waals surface area contributed by atoms with Crippen LogP contribution in [0.2, 0.25) is 0 Å². The van der Waals surface area contributed by atoms with E-state index >= 15 is 0 Å². The smallest absolute Gasteiger partial charge is 0.207 e. The molecule has 7 rings (SSSR count). The second-order valence-electron chi connectivity index (χ2n) is 13.1. The minimum absolute atomic E-state index is 0.0110. The van der Waals surface area contributed by atoms with Crippen molar-refractivity contribution in [2.45, 2.75) is 60.9 Å². The molecule has 3 aromatic rings. The summed E-state index contributed by atoms with van der Waals surface area (Å²) in [4.78, 5) is 0. The van der Waals surface area contributed by atoms with Crippen LogP contribution in [0.4, 0.5) is 0 Å². The average Bonchev–Trinajstić information content (AvgIpc) is 3.10. The summed E-state index contributed by atoms with van der Waals surface area (Å²) >= 11 is 0. The minimum atomic E-state index is -1.17. The van der Waals surface area contributed by atoms with Crippen molar-refractivity contribution in [2.75, 3.05) is 39.8 Å². The lowest BCUT2D eigenvalue weighted by molar-refractivity contribution is 0.00263. The SMILES string of the molecule is COc1cc([C@H]2Oc3cc(OCCO)c4c5c3[C@H](CSS[C@H]3C=CC[C@@H](CC[C@H](c6cc(O)ccc6-4)[C@@H]5CO)C3)[C@H]2O)c(O)c(OC)c1O. The van der Waals surface area contributed by atoms with Gasteiger partial charge in [-0.3, -0.25) is 0 Å². The van der Waals surface area contributed by atoms with Crippen LogP contribution in [-0.4, -0.2) is 81.8 Å². The molecule has 0 radical (unpaired) electrons. The molecule has 2 aliphatic heterocycles. The van der Waals surface area contributed by atoms with Gasteiger partial charge in [-0.2, -0.15) is 0 Å². The van der Waals surface area contributed by atoms with Crippen LogP contribution in [0.25, 0.3) is 11.1 Å². The van der Waals surface area contributed by atoms with Crippen LogP contribution in [0, 0.1) is 5.92 Å². The fourth-order valence-electron chi connectivity index (χ4n) is 8.22. The molecule has 3 aromatic carbocycles. The lowest BCUT2D eigenvalue weighted by Gasteiger charge is -2.43. The molecule has 262 valence electrons. The molecular weight excluding hydrogens is 669 g/mol. The molecule has 0 aromatic heterocycles. The summed E-state index contributed by atoms with van der Waals surface area (Å²) in [5.41, 5.74) is 4.33. The van der Waals surface area contributed by atoms with Gasteiger partial charge in [0.15, 0.2) is 17.6 Å². The maximum absolute atomic E-state index is 12.3. The van der Waals surface area contributed by atoms with E-state index in [1.54, 1.807) is 39.8 Å². The van der Waals surface area contributed by atoms with E-state index in [4.69, 9.17) is 18.9 Å². The van der Waals surface area contributed by atoms with Crippen molar-refractivity contribution in [1.29, 1.82) is 0 Å². The van der Waals surface area contributed by atoms with Crippen molar-refractivity contribution >= 4 is 21.6 Å². The number of allylic oxidation sites excluding steroid dienone is 1. The first-order chi connectivity index (χ1) is 23.8. The summed E-state index contributed by atoms with van der Waals surface area (Å²) in [6.45, 7) is -0.398. The van der Waals surface area contributed by atoms with Crippen LogP contribution in [0.15, 0.2) is 42.5 Å². The first kappa shape index (κ1) is 34.0. The maximum Gasteiger partial charge on any atom is 0.207 e. The van der Waals surface area contributed by atoms with E-state index in [0.717, 1.165) is 53.5 Å². The topological polar surface area (TPSA) is 158 Å². The standard InChI is InChI=1S/C37H42O10S2/c1-44-29-14-24(33(41)37(45-2)35(29)43)36-34(42)26-17-48-49-20-5-3-4-18(12-20)6-8-21-23-13-19(40)7-9-22(23)30-27(46-11-10-38)15-28(47-36)31(26)32(30)25(21)16-39/h3,5,7,9,13-15,18,20-21,25-26,34,36,38-43H,4,6,8,10-12,16-17H2,1-2H3/t18-,20-,21+,25-,26-,34+,36+/m0/s1. The monoisotopic (exact) mass is 710 g/mol. The number of aromatic hydroxyl groups is 3. The molecule has 49 heavy (non-hydrogen) atoms. The lowest BCUT2D eigenvalue weighted by atomic mass is 9.65. The molecule has 2 heterocycles. The first-order valence-corrected chi connectivity index (χ1v) is 19.0. The summed E-state index contributed by atoms with van der Waals surface area (Å²) in [5.74, 6) is 0.0263. The van der Waals surface area contributed by atoms with Gasteiger partial charge in [0.1, 0.15) is 30.0 Å². The number of methoxy groups -OCH3 is 2. The molecule has 10 nitrogen and oxygen atoms in total. The number of aliphatic hydroxyl groups excluding tert-OH is 3. The van der Waals surface area contributed by atoms with Gasteiger partial charge in [0.05, 0.1) is 27.4 Å². The average molecular weight is 711 g/mol. The van der Waals surface area contributed by atoms with E-state index in [1.807, 2.05) is 6.07 Å². The Morgan fingerprint density at radius 1 is 0.918 bits per heavy atom. The highest BCUT2D eigenvalue weighted by Gasteiger charge is 2.47. The Bertz CT molecular complexity index is 1740. The van der Waals surface area contributed by atoms with Crippen LogP contribution in [0.3, 0.4) is 0 Å². The second-order valence-corrected chi connectivity index (χ2v) is 15.8. The van der Waals surface area contributed by atoms with Crippen LogP contribution in [0.1, 0.15) is 71.8 Å². The summed E-state index contributed by atoms with van der Waals surface area (Å²) in [5, 5.41) is 66.4. The van der Waals surface area contributed by atoms with Gasteiger partial charge in [0.25, 0.3) is 0 Å². The van der Waals surface area contributed by atoms with E-state index in [9.17, 15) is 30.6 Å². The van der Waals surface area contributed by atoms with Gasteiger partial charge in [0, 0.05) is 45.6 Å². The van der Waals surface area contributed by atoms with E-state index in [1.165, 1.54) is 20.3 Å². The predicted molar refractivity (Wildman–Crippen MR) is 189 cm³/mol. The minimum Gasteiger partial charge on any atom is -0.508 e. The number of hydrogen-bond acceptors (Lipinski definition) is 12. The van der Waals surface area contributed by atoms with Gasteiger partial charge in [-0.25, -0.2) is 0 Å². The van der Waals surface area contributed by atoms with E-state index in [0.29, 0.717) is 28.4 Å². The molecular formula is C37H42O10S2. The molecule has 0 amide bonds. The molecule has 0 spiro atoms. The Hall–Kier alpha value is -3.42. The van der Waals surface area contributed by atoms with E-state index in [-0.39, 0.29) is 60.0 Å². The van der Waals surface area contributed by atoms with Crippen molar-refractivity contribution in [1.82, 2.24) is 0 Å². The highest BCUT2D eigenvalue weighted by molar-refractivity contribution is 8.77. The quantitative estimate of drug-likeness (QED) is 0.124. The number of aliphatic hydroxyl groups is 3. The predicted octanol–water partition coefficient (Wildman–Crippen LogP) is 6.12. The van der Waals surface area contributed by atoms with Gasteiger partial charge in [-0.05, 0) is 72.4 Å². The third kappa shape index (κ3) is 5.95. The van der Waals surface area contributed by atoms with E-state index in [2.05, 4.69) is 12.2 Å². The largest absolute Gasteiger partial charge is 0.508 e. The van der Waals surface area contributed by atoms with Gasteiger partial charge in [0.2, 0.25) is 11.5 Å². The lowest BCUT2D eigenvalue weighted by Crippen LogP contribution is -2.38. The molecule has 0 fully saturated rings. The number of rotatable bonds is 7. The van der Waals surface area contributed by atoms with Crippen LogP contribution in [-0.2, 0) is 0 Å². The van der Waals surface area contributed by atoms with Crippen molar-refractivity contribution in [3.8, 4) is 51.4 Å². The fraction of sp³-hybridized carbons (Fsp3) is 0.459. The maximum atomic E-state index is 12.3. The highest BCUT2D eigenvalue weighted by atomic mass is 33.1. The van der Waals surface area contributed by atoms with Gasteiger partial charge < -0.3 is 49.6 Å². The second kappa shape index (κ2) is 14.1. The molecule has 12 heteroatoms. The molecule has 7 atom stereocenters. The molecule has 0 saturated heterocycles. The number of ether oxygens (including phenoxy) is 4. The van der Waals surface area contributed by atoms with Gasteiger partial charge >= 0.3 is 0 Å². The molecule has 4 aliphatic rings. The van der Waals surface area contributed by atoms with Gasteiger partial charge in [-0.15, -0.1) is 0 Å². The first-order valence-electron chi connectivity index (χ1n) is 16.6. The fourth-order valence-corrected chi connectivity index (χ4v) is 11.1. The van der Waals surface area contributed by atoms with Crippen LogP contribution < -0.4 is 18.9 Å². The van der Waals surface area contributed by atoms with Crippen molar-refractivity contribution in [2.24, 2.45) is 5.92 Å². The zero-order valence-corrected chi connectivity index (χ0v) is 29.0. The zero-order chi connectivity index (χ0) is 34.4. The molecule has 2 aliphatic carbocycles. The van der Waals surface area contributed by atoms with Crippen molar-refractivity contribution < 1.29 is 49.6 Å². The molecule has 6 N–H and O–H groups in total. The normalized spacial score (nSPS) is 27.1. The summed E-state index contributed by atoms with van der Waals surface area (Å²) in [6, 6.07) is 8.53. The Morgan fingerprint density at radius 3 is 2.51 bits per heavy atom. The zero-order valence-electron chi connectivity index (χ0n) is 27.4.